The third-order valence-electron chi connectivity index (χ3n) is 14.8. The fourth-order valence-electron chi connectivity index (χ4n) is 11.1. The van der Waals surface area contributed by atoms with Crippen molar-refractivity contribution in [1.82, 2.24) is 4.57 Å². The summed E-state index contributed by atoms with van der Waals surface area (Å²) < 4.78 is 2.38. The zero-order valence-corrected chi connectivity index (χ0v) is 39.8. The number of anilines is 3. The van der Waals surface area contributed by atoms with Crippen LogP contribution >= 0.6 is 0 Å². The number of hydrogen-bond acceptors (Lipinski definition) is 1. The van der Waals surface area contributed by atoms with Crippen molar-refractivity contribution >= 4 is 38.9 Å². The maximum Gasteiger partial charge on any atom is 0.0541 e. The van der Waals surface area contributed by atoms with Crippen LogP contribution < -0.4 is 4.90 Å². The van der Waals surface area contributed by atoms with E-state index in [0.29, 0.717) is 0 Å². The molecule has 0 fully saturated rings. The van der Waals surface area contributed by atoms with Crippen LogP contribution in [0.25, 0.3) is 94.3 Å². The molecule has 0 saturated carbocycles. The van der Waals surface area contributed by atoms with Gasteiger partial charge in [-0.05, 0) is 151 Å². The molecule has 13 rings (SSSR count). The standard InChI is InChI=1S/C69H50N2/c1-69(2)65-45-56(55-35-43-68-64(44-55)63-20-12-13-21-67(63)71(68)57-18-10-5-11-19-57)34-41-61(65)62-42-40-60(46-66(62)69)70(58-36-30-53(31-37-58)51-26-22-49(23-27-51)47-14-6-3-7-15-47)59-38-32-54(33-39-59)52-28-24-50(25-29-52)48-16-8-4-9-17-48/h3-46H,1-2H3. The minimum atomic E-state index is -0.235. The quantitative estimate of drug-likeness (QED) is 0.140. The van der Waals surface area contributed by atoms with E-state index in [0.717, 1.165) is 17.1 Å². The van der Waals surface area contributed by atoms with E-state index in [9.17, 15) is 0 Å². The Balaban J connectivity index is 0.855. The van der Waals surface area contributed by atoms with Crippen molar-refractivity contribution in [2.45, 2.75) is 19.3 Å². The molecule has 0 aliphatic heterocycles. The van der Waals surface area contributed by atoms with E-state index in [1.807, 2.05) is 0 Å². The van der Waals surface area contributed by atoms with Gasteiger partial charge in [-0.1, -0.05) is 208 Å². The summed E-state index contributed by atoms with van der Waals surface area (Å²) in [7, 11) is 0. The first-order valence-corrected chi connectivity index (χ1v) is 24.7. The molecule has 0 N–H and O–H groups in total. The van der Waals surface area contributed by atoms with E-state index in [2.05, 4.69) is 290 Å². The molecule has 1 aliphatic rings. The second-order valence-electron chi connectivity index (χ2n) is 19.4. The molecule has 0 atom stereocenters. The largest absolute Gasteiger partial charge is 0.310 e. The summed E-state index contributed by atoms with van der Waals surface area (Å²) in [5.41, 5.74) is 24.1. The molecule has 1 aromatic heterocycles. The number of benzene rings is 11. The second kappa shape index (κ2) is 17.2. The fourth-order valence-corrected chi connectivity index (χ4v) is 11.1. The minimum Gasteiger partial charge on any atom is -0.310 e. The zero-order chi connectivity index (χ0) is 47.5. The molecular weight excluding hydrogens is 857 g/mol. The van der Waals surface area contributed by atoms with Gasteiger partial charge in [-0.3, -0.25) is 0 Å². The first kappa shape index (κ1) is 42.1. The summed E-state index contributed by atoms with van der Waals surface area (Å²) in [4.78, 5) is 2.41. The van der Waals surface area contributed by atoms with Gasteiger partial charge in [0.05, 0.1) is 11.0 Å². The van der Waals surface area contributed by atoms with E-state index in [4.69, 9.17) is 0 Å². The summed E-state index contributed by atoms with van der Waals surface area (Å²) in [6, 6.07) is 97.7. The van der Waals surface area contributed by atoms with Crippen LogP contribution in [0.15, 0.2) is 267 Å². The smallest absolute Gasteiger partial charge is 0.0541 e. The van der Waals surface area contributed by atoms with Crippen LogP contribution in [0.3, 0.4) is 0 Å². The van der Waals surface area contributed by atoms with Crippen molar-refractivity contribution in [3.05, 3.63) is 278 Å². The Morgan fingerprint density at radius 2 is 0.648 bits per heavy atom. The van der Waals surface area contributed by atoms with Crippen molar-refractivity contribution in [3.8, 4) is 72.4 Å². The van der Waals surface area contributed by atoms with Gasteiger partial charge in [-0.25, -0.2) is 0 Å². The van der Waals surface area contributed by atoms with Crippen molar-refractivity contribution in [3.63, 3.8) is 0 Å². The monoisotopic (exact) mass is 906 g/mol. The molecule has 0 bridgehead atoms. The van der Waals surface area contributed by atoms with Crippen molar-refractivity contribution in [1.29, 1.82) is 0 Å². The van der Waals surface area contributed by atoms with Gasteiger partial charge in [-0.2, -0.15) is 0 Å². The minimum absolute atomic E-state index is 0.235. The molecule has 1 aliphatic carbocycles. The first-order valence-electron chi connectivity index (χ1n) is 24.7. The van der Waals surface area contributed by atoms with Gasteiger partial charge >= 0.3 is 0 Å². The molecule has 2 nitrogen and oxygen atoms in total. The van der Waals surface area contributed by atoms with Crippen LogP contribution in [-0.4, -0.2) is 4.57 Å². The average molecular weight is 907 g/mol. The number of fused-ring (bicyclic) bond motifs is 6. The summed E-state index contributed by atoms with van der Waals surface area (Å²) in [6.07, 6.45) is 0. The molecule has 0 radical (unpaired) electrons. The van der Waals surface area contributed by atoms with E-state index in [-0.39, 0.29) is 5.41 Å². The van der Waals surface area contributed by atoms with Crippen LogP contribution in [-0.2, 0) is 5.41 Å². The van der Waals surface area contributed by atoms with Crippen LogP contribution in [0.4, 0.5) is 17.1 Å². The van der Waals surface area contributed by atoms with Gasteiger partial charge < -0.3 is 9.47 Å². The lowest BCUT2D eigenvalue weighted by Gasteiger charge is -2.28. The Morgan fingerprint density at radius 1 is 0.282 bits per heavy atom. The van der Waals surface area contributed by atoms with Crippen LogP contribution in [0, 0.1) is 0 Å². The second-order valence-corrected chi connectivity index (χ2v) is 19.4. The van der Waals surface area contributed by atoms with Gasteiger partial charge in [0.25, 0.3) is 0 Å². The Hall–Kier alpha value is -8.98. The molecule has 71 heavy (non-hydrogen) atoms. The topological polar surface area (TPSA) is 8.17 Å². The van der Waals surface area contributed by atoms with Gasteiger partial charge in [0.15, 0.2) is 0 Å². The van der Waals surface area contributed by atoms with Gasteiger partial charge in [0.1, 0.15) is 0 Å². The molecule has 0 unspecified atom stereocenters. The summed E-state index contributed by atoms with van der Waals surface area (Å²) >= 11 is 0. The predicted octanol–water partition coefficient (Wildman–Crippen LogP) is 18.9. The molecule has 2 heteroatoms. The Bertz CT molecular complexity index is 3760. The molecule has 0 amide bonds. The van der Waals surface area contributed by atoms with E-state index in [1.165, 1.54) is 105 Å². The van der Waals surface area contributed by atoms with Crippen molar-refractivity contribution in [2.24, 2.45) is 0 Å². The highest BCUT2D eigenvalue weighted by atomic mass is 15.1. The number of nitrogens with zero attached hydrogens (tertiary/aromatic N) is 2. The first-order chi connectivity index (χ1) is 34.9. The molecule has 336 valence electrons. The lowest BCUT2D eigenvalue weighted by molar-refractivity contribution is 0.660. The lowest BCUT2D eigenvalue weighted by Crippen LogP contribution is -2.16. The van der Waals surface area contributed by atoms with Crippen LogP contribution in [0.1, 0.15) is 25.0 Å². The average Bonchev–Trinajstić information content (AvgIpc) is 3.89. The predicted molar refractivity (Wildman–Crippen MR) is 300 cm³/mol. The number of rotatable bonds is 9. The van der Waals surface area contributed by atoms with Crippen molar-refractivity contribution < 1.29 is 0 Å². The third-order valence-corrected chi connectivity index (χ3v) is 14.8. The summed E-state index contributed by atoms with van der Waals surface area (Å²) in [6.45, 7) is 4.78. The molecule has 12 aromatic rings. The maximum atomic E-state index is 2.44. The highest BCUT2D eigenvalue weighted by Crippen LogP contribution is 2.52. The van der Waals surface area contributed by atoms with Gasteiger partial charge in [0.2, 0.25) is 0 Å². The number of para-hydroxylation sites is 2. The van der Waals surface area contributed by atoms with E-state index >= 15 is 0 Å². The molecular formula is C69H50N2. The van der Waals surface area contributed by atoms with Crippen LogP contribution in [0.5, 0.6) is 0 Å². The normalized spacial score (nSPS) is 12.5. The SMILES string of the molecule is CC1(C)c2cc(-c3ccc4c(c3)c3ccccc3n4-c3ccccc3)ccc2-c2ccc(N(c3ccc(-c4ccc(-c5ccccc5)cc4)cc3)c3ccc(-c4ccc(-c5ccccc5)cc4)cc3)cc21. The highest BCUT2D eigenvalue weighted by Gasteiger charge is 2.36. The molecule has 0 spiro atoms. The van der Waals surface area contributed by atoms with E-state index < -0.39 is 0 Å². The van der Waals surface area contributed by atoms with Gasteiger partial charge in [-0.15, -0.1) is 0 Å². The van der Waals surface area contributed by atoms with Crippen LogP contribution in [0.2, 0.25) is 0 Å². The highest BCUT2D eigenvalue weighted by molar-refractivity contribution is 6.10. The Labute approximate surface area is 416 Å². The van der Waals surface area contributed by atoms with E-state index in [1.54, 1.807) is 0 Å². The lowest BCUT2D eigenvalue weighted by atomic mass is 9.81. The fraction of sp³-hybridized carbons (Fsp3) is 0.0435. The Morgan fingerprint density at radius 3 is 1.18 bits per heavy atom. The van der Waals surface area contributed by atoms with Gasteiger partial charge in [0, 0.05) is 38.9 Å². The zero-order valence-electron chi connectivity index (χ0n) is 39.8. The summed E-state index contributed by atoms with van der Waals surface area (Å²) in [5, 5.41) is 2.52. The molecule has 1 heterocycles. The molecule has 11 aromatic carbocycles. The molecule has 0 saturated heterocycles. The Kier molecular flexibility index (Phi) is 10.2. The maximum absolute atomic E-state index is 2.44. The van der Waals surface area contributed by atoms with Crippen molar-refractivity contribution in [2.75, 3.05) is 4.90 Å². The number of aromatic nitrogens is 1. The number of hydrogen-bond donors (Lipinski definition) is 0. The summed E-state index contributed by atoms with van der Waals surface area (Å²) in [5.74, 6) is 0. The third kappa shape index (κ3) is 7.44.